The van der Waals surface area contributed by atoms with Crippen LogP contribution in [0.3, 0.4) is 0 Å². The van der Waals surface area contributed by atoms with Crippen LogP contribution in [0.25, 0.3) is 15.6 Å². The maximum absolute atomic E-state index is 12.5. The Hall–Kier alpha value is -4.16. The van der Waals surface area contributed by atoms with Crippen molar-refractivity contribution in [2.24, 2.45) is 5.92 Å². The number of hydrogen-bond acceptors (Lipinski definition) is 7. The van der Waals surface area contributed by atoms with Crippen molar-refractivity contribution in [3.05, 3.63) is 77.3 Å². The molecule has 0 unspecified atom stereocenters. The minimum atomic E-state index is -0.220. The number of amides is 1. The highest BCUT2D eigenvalue weighted by Crippen LogP contribution is 2.37. The predicted octanol–water partition coefficient (Wildman–Crippen LogP) is 3.95. The fourth-order valence-electron chi connectivity index (χ4n) is 6.63. The van der Waals surface area contributed by atoms with Gasteiger partial charge in [-0.25, -0.2) is 6.57 Å². The predicted molar refractivity (Wildman–Crippen MR) is 166 cm³/mol. The number of carbonyl (C=O) groups is 1. The molecule has 1 saturated heterocycles. The zero-order valence-electron chi connectivity index (χ0n) is 24.8. The summed E-state index contributed by atoms with van der Waals surface area (Å²) in [6.45, 7) is 17.4. The topological polar surface area (TPSA) is 69.4 Å². The van der Waals surface area contributed by atoms with Gasteiger partial charge in [0.2, 0.25) is 12.5 Å². The summed E-state index contributed by atoms with van der Waals surface area (Å²) in [4.78, 5) is 34.8. The second-order valence-electron chi connectivity index (χ2n) is 11.9. The molecule has 0 bridgehead atoms. The lowest BCUT2D eigenvalue weighted by atomic mass is 9.99. The number of benzene rings is 2. The molecule has 0 radical (unpaired) electrons. The Labute approximate surface area is 248 Å². The van der Waals surface area contributed by atoms with E-state index in [4.69, 9.17) is 21.3 Å². The summed E-state index contributed by atoms with van der Waals surface area (Å²) in [5, 5.41) is 2.52. The summed E-state index contributed by atoms with van der Waals surface area (Å²) >= 11 is 0. The molecule has 1 aromatic heterocycles. The summed E-state index contributed by atoms with van der Waals surface area (Å²) in [6.07, 6.45) is 3.27. The number of ether oxygens (including phenoxy) is 1. The standard InChI is InChI=1S/C33H39N7O2/c1-6-30(41)40-16-15-39(19-25(40)18-34-3)32-26-13-14-38(28-12-8-11-23-10-7-9-22(2)31(23)28)20-27(26)35-33(36-32)42-21-24-17-29(24)37(4)5/h6-12,24-25,29H,1,13-21H2,2,4-5H3/t24-,25-,29-/m0/s1. The van der Waals surface area contributed by atoms with Gasteiger partial charge in [0.15, 0.2) is 0 Å². The molecular weight excluding hydrogens is 526 g/mol. The first kappa shape index (κ1) is 28.0. The van der Waals surface area contributed by atoms with Gasteiger partial charge in [-0.3, -0.25) is 4.79 Å². The van der Waals surface area contributed by atoms with Gasteiger partial charge in [0.25, 0.3) is 0 Å². The van der Waals surface area contributed by atoms with Crippen molar-refractivity contribution in [1.29, 1.82) is 0 Å². The molecule has 9 nitrogen and oxygen atoms in total. The molecule has 3 aliphatic rings. The fraction of sp³-hybridized carbons (Fsp3) is 0.455. The molecule has 6 rings (SSSR count). The smallest absolute Gasteiger partial charge is 0.318 e. The molecule has 218 valence electrons. The maximum Gasteiger partial charge on any atom is 0.318 e. The van der Waals surface area contributed by atoms with E-state index in [-0.39, 0.29) is 18.5 Å². The van der Waals surface area contributed by atoms with Crippen LogP contribution in [-0.4, -0.2) is 91.2 Å². The Morgan fingerprint density at radius 3 is 2.71 bits per heavy atom. The number of carbonyl (C=O) groups excluding carboxylic acids is 1. The second kappa shape index (κ2) is 11.6. The molecule has 3 heterocycles. The second-order valence-corrected chi connectivity index (χ2v) is 11.9. The van der Waals surface area contributed by atoms with E-state index in [1.165, 1.54) is 28.1 Å². The van der Waals surface area contributed by atoms with Crippen molar-refractivity contribution in [1.82, 2.24) is 19.8 Å². The average Bonchev–Trinajstić information content (AvgIpc) is 3.79. The summed E-state index contributed by atoms with van der Waals surface area (Å²) < 4.78 is 6.27. The quantitative estimate of drug-likeness (QED) is 0.303. The highest BCUT2D eigenvalue weighted by molar-refractivity contribution is 5.97. The van der Waals surface area contributed by atoms with Crippen molar-refractivity contribution < 1.29 is 9.53 Å². The Kier molecular flexibility index (Phi) is 7.74. The normalized spacial score (nSPS) is 21.7. The molecule has 2 aliphatic heterocycles. The lowest BCUT2D eigenvalue weighted by molar-refractivity contribution is -0.128. The number of aryl methyl sites for hydroxylation is 1. The van der Waals surface area contributed by atoms with Crippen molar-refractivity contribution in [2.45, 2.75) is 38.4 Å². The number of nitrogens with zero attached hydrogens (tertiary/aromatic N) is 7. The number of anilines is 2. The summed E-state index contributed by atoms with van der Waals surface area (Å²) in [5.41, 5.74) is 4.61. The average molecular weight is 566 g/mol. The highest BCUT2D eigenvalue weighted by atomic mass is 16.5. The van der Waals surface area contributed by atoms with E-state index in [1.807, 2.05) is 0 Å². The molecule has 0 N–H and O–H groups in total. The minimum Gasteiger partial charge on any atom is -0.463 e. The van der Waals surface area contributed by atoms with Crippen LogP contribution in [-0.2, 0) is 17.8 Å². The van der Waals surface area contributed by atoms with Gasteiger partial charge in [-0.05, 0) is 57.0 Å². The number of aromatic nitrogens is 2. The highest BCUT2D eigenvalue weighted by Gasteiger charge is 2.40. The van der Waals surface area contributed by atoms with Gasteiger partial charge < -0.3 is 29.2 Å². The molecule has 9 heteroatoms. The molecule has 1 saturated carbocycles. The first-order chi connectivity index (χ1) is 20.4. The van der Waals surface area contributed by atoms with Gasteiger partial charge in [-0.2, -0.15) is 9.97 Å². The molecular formula is C33H39N7O2. The van der Waals surface area contributed by atoms with Crippen LogP contribution >= 0.6 is 0 Å². The van der Waals surface area contributed by atoms with Crippen LogP contribution in [0.15, 0.2) is 49.1 Å². The Morgan fingerprint density at radius 1 is 1.17 bits per heavy atom. The molecule has 2 fully saturated rings. The fourth-order valence-corrected chi connectivity index (χ4v) is 6.63. The van der Waals surface area contributed by atoms with Crippen LogP contribution in [0, 0.1) is 19.4 Å². The third kappa shape index (κ3) is 5.39. The van der Waals surface area contributed by atoms with Crippen molar-refractivity contribution in [3.8, 4) is 6.01 Å². The van der Waals surface area contributed by atoms with Gasteiger partial charge in [0.05, 0.1) is 18.8 Å². The van der Waals surface area contributed by atoms with E-state index in [1.54, 1.807) is 4.90 Å². The lowest BCUT2D eigenvalue weighted by Crippen LogP contribution is -2.56. The molecule has 3 aromatic rings. The molecule has 42 heavy (non-hydrogen) atoms. The minimum absolute atomic E-state index is 0.127. The molecule has 2 aromatic carbocycles. The Morgan fingerprint density at radius 2 is 1.98 bits per heavy atom. The number of hydrogen-bond donors (Lipinski definition) is 0. The number of rotatable bonds is 8. The van der Waals surface area contributed by atoms with Crippen molar-refractivity contribution in [3.63, 3.8) is 0 Å². The number of piperazine rings is 1. The first-order valence-corrected chi connectivity index (χ1v) is 14.8. The Bertz CT molecular complexity index is 1540. The van der Waals surface area contributed by atoms with E-state index in [9.17, 15) is 4.79 Å². The van der Waals surface area contributed by atoms with E-state index in [0.717, 1.165) is 36.5 Å². The lowest BCUT2D eigenvalue weighted by Gasteiger charge is -2.41. The van der Waals surface area contributed by atoms with Gasteiger partial charge in [-0.1, -0.05) is 36.9 Å². The van der Waals surface area contributed by atoms with E-state index < -0.39 is 0 Å². The molecule has 0 spiro atoms. The van der Waals surface area contributed by atoms with Gasteiger partial charge >= 0.3 is 6.01 Å². The zero-order chi connectivity index (χ0) is 29.4. The van der Waals surface area contributed by atoms with E-state index in [2.05, 4.69) is 83.5 Å². The summed E-state index contributed by atoms with van der Waals surface area (Å²) in [6, 6.07) is 13.7. The van der Waals surface area contributed by atoms with Gasteiger partial charge in [0.1, 0.15) is 11.9 Å². The Balaban J connectivity index is 1.33. The summed E-state index contributed by atoms with van der Waals surface area (Å²) in [5.74, 6) is 1.23. The van der Waals surface area contributed by atoms with Crippen molar-refractivity contribution >= 4 is 28.2 Å². The number of fused-ring (bicyclic) bond motifs is 2. The van der Waals surface area contributed by atoms with E-state index in [0.29, 0.717) is 50.8 Å². The largest absolute Gasteiger partial charge is 0.463 e. The van der Waals surface area contributed by atoms with Gasteiger partial charge in [-0.15, -0.1) is 0 Å². The van der Waals surface area contributed by atoms with Gasteiger partial charge in [0, 0.05) is 54.8 Å². The monoisotopic (exact) mass is 565 g/mol. The van der Waals surface area contributed by atoms with Crippen molar-refractivity contribution in [2.75, 3.05) is 63.2 Å². The van der Waals surface area contributed by atoms with Crippen LogP contribution in [0.1, 0.15) is 23.2 Å². The third-order valence-electron chi connectivity index (χ3n) is 8.97. The van der Waals surface area contributed by atoms with Crippen LogP contribution < -0.4 is 14.5 Å². The van der Waals surface area contributed by atoms with Crippen LogP contribution in [0.4, 0.5) is 11.5 Å². The zero-order valence-corrected chi connectivity index (χ0v) is 24.8. The first-order valence-electron chi connectivity index (χ1n) is 14.8. The summed E-state index contributed by atoms with van der Waals surface area (Å²) in [7, 11) is 4.22. The third-order valence-corrected chi connectivity index (χ3v) is 8.97. The molecule has 1 aliphatic carbocycles. The maximum atomic E-state index is 12.5. The molecule has 3 atom stereocenters. The van der Waals surface area contributed by atoms with Crippen LogP contribution in [0.2, 0.25) is 0 Å². The molecule has 1 amide bonds. The van der Waals surface area contributed by atoms with E-state index >= 15 is 0 Å². The van der Waals surface area contributed by atoms with Crippen LogP contribution in [0.5, 0.6) is 6.01 Å². The SMILES string of the molecule is [C-]#[N+]C[C@H]1CN(c2nc(OC[C@@H]3C[C@@H]3N(C)C)nc3c2CCN(c2cccc4cccc(C)c24)C3)CCN1C(=O)C=C.